The summed E-state index contributed by atoms with van der Waals surface area (Å²) in [5, 5.41) is 5.87. The number of hydrogen-bond acceptors (Lipinski definition) is 3. The minimum atomic E-state index is -0.249. The fraction of sp³-hybridized carbons (Fsp3) is 0.250. The normalized spacial score (nSPS) is 13.3. The quantitative estimate of drug-likeness (QED) is 0.817. The summed E-state index contributed by atoms with van der Waals surface area (Å²) in [5.41, 5.74) is 2.85. The van der Waals surface area contributed by atoms with E-state index in [1.807, 2.05) is 30.0 Å². The molecule has 1 heterocycles. The van der Waals surface area contributed by atoms with Gasteiger partial charge in [0.05, 0.1) is 0 Å². The van der Waals surface area contributed by atoms with Crippen LogP contribution in [0.4, 0.5) is 5.69 Å². The maximum Gasteiger partial charge on any atom is 0.257 e. The SMILES string of the molecule is Cc1ccccc1C(=O)NC(=S)Nc1ccc(C(=O)N2CCCC2)cc1. The Morgan fingerprint density at radius 2 is 1.65 bits per heavy atom. The standard InChI is InChI=1S/C20H21N3O2S/c1-14-6-2-3-7-17(14)18(24)22-20(26)21-16-10-8-15(9-11-16)19(25)23-12-4-5-13-23/h2-3,6-11H,4-5,12-13H2,1H3,(H2,21,22,24,26). The highest BCUT2D eigenvalue weighted by Gasteiger charge is 2.19. The molecule has 0 bridgehead atoms. The fourth-order valence-electron chi connectivity index (χ4n) is 2.96. The predicted molar refractivity (Wildman–Crippen MR) is 106 cm³/mol. The van der Waals surface area contributed by atoms with E-state index in [1.54, 1.807) is 30.3 Å². The van der Waals surface area contributed by atoms with Gasteiger partial charge in [-0.1, -0.05) is 18.2 Å². The molecule has 1 aliphatic heterocycles. The molecule has 2 aromatic rings. The summed E-state index contributed by atoms with van der Waals surface area (Å²) in [5.74, 6) is -0.189. The highest BCUT2D eigenvalue weighted by molar-refractivity contribution is 7.80. The Bertz CT molecular complexity index is 827. The molecule has 0 spiro atoms. The first-order chi connectivity index (χ1) is 12.5. The summed E-state index contributed by atoms with van der Waals surface area (Å²) in [4.78, 5) is 26.5. The first kappa shape index (κ1) is 18.1. The molecule has 0 radical (unpaired) electrons. The molecule has 1 aliphatic rings. The number of carbonyl (C=O) groups is 2. The van der Waals surface area contributed by atoms with E-state index in [4.69, 9.17) is 12.2 Å². The summed E-state index contributed by atoms with van der Waals surface area (Å²) < 4.78 is 0. The topological polar surface area (TPSA) is 61.4 Å². The van der Waals surface area contributed by atoms with Gasteiger partial charge in [-0.25, -0.2) is 0 Å². The van der Waals surface area contributed by atoms with Gasteiger partial charge < -0.3 is 10.2 Å². The Hall–Kier alpha value is -2.73. The highest BCUT2D eigenvalue weighted by atomic mass is 32.1. The number of nitrogens with one attached hydrogen (secondary N) is 2. The van der Waals surface area contributed by atoms with Gasteiger partial charge in [0.15, 0.2) is 5.11 Å². The van der Waals surface area contributed by atoms with Crippen LogP contribution in [0.2, 0.25) is 0 Å². The molecular formula is C20H21N3O2S. The van der Waals surface area contributed by atoms with E-state index in [1.165, 1.54) is 0 Å². The Morgan fingerprint density at radius 3 is 2.31 bits per heavy atom. The third-order valence-electron chi connectivity index (χ3n) is 4.40. The van der Waals surface area contributed by atoms with Crippen LogP contribution in [-0.4, -0.2) is 34.9 Å². The van der Waals surface area contributed by atoms with Crippen molar-refractivity contribution in [2.75, 3.05) is 18.4 Å². The summed E-state index contributed by atoms with van der Waals surface area (Å²) in [7, 11) is 0. The highest BCUT2D eigenvalue weighted by Crippen LogP contribution is 2.15. The van der Waals surface area contributed by atoms with Crippen molar-refractivity contribution in [1.29, 1.82) is 0 Å². The van der Waals surface area contributed by atoms with E-state index in [-0.39, 0.29) is 16.9 Å². The Morgan fingerprint density at radius 1 is 1.00 bits per heavy atom. The van der Waals surface area contributed by atoms with E-state index in [0.717, 1.165) is 37.2 Å². The van der Waals surface area contributed by atoms with Gasteiger partial charge >= 0.3 is 0 Å². The molecule has 3 rings (SSSR count). The molecule has 0 aliphatic carbocycles. The number of rotatable bonds is 3. The number of hydrogen-bond donors (Lipinski definition) is 2. The van der Waals surface area contributed by atoms with Crippen LogP contribution in [0.3, 0.4) is 0 Å². The number of anilines is 1. The van der Waals surface area contributed by atoms with Crippen LogP contribution in [-0.2, 0) is 0 Å². The molecule has 6 heteroatoms. The maximum atomic E-state index is 12.3. The Labute approximate surface area is 158 Å². The van der Waals surface area contributed by atoms with Crippen molar-refractivity contribution in [2.24, 2.45) is 0 Å². The monoisotopic (exact) mass is 367 g/mol. The molecule has 5 nitrogen and oxygen atoms in total. The minimum absolute atomic E-state index is 0.0597. The van der Waals surface area contributed by atoms with Crippen molar-refractivity contribution in [3.63, 3.8) is 0 Å². The molecule has 0 atom stereocenters. The molecule has 2 N–H and O–H groups in total. The van der Waals surface area contributed by atoms with Gasteiger partial charge in [-0.3, -0.25) is 14.9 Å². The lowest BCUT2D eigenvalue weighted by atomic mass is 10.1. The minimum Gasteiger partial charge on any atom is -0.339 e. The van der Waals surface area contributed by atoms with Crippen LogP contribution in [0.1, 0.15) is 39.1 Å². The Kier molecular flexibility index (Phi) is 5.63. The number of thiocarbonyl (C=S) groups is 1. The third-order valence-corrected chi connectivity index (χ3v) is 4.60. The van der Waals surface area contributed by atoms with Crippen molar-refractivity contribution < 1.29 is 9.59 Å². The number of benzene rings is 2. The van der Waals surface area contributed by atoms with E-state index >= 15 is 0 Å². The number of likely N-dealkylation sites (tertiary alicyclic amines) is 1. The van der Waals surface area contributed by atoms with Crippen LogP contribution < -0.4 is 10.6 Å². The van der Waals surface area contributed by atoms with Gasteiger partial charge in [-0.15, -0.1) is 0 Å². The van der Waals surface area contributed by atoms with Crippen molar-refractivity contribution in [3.8, 4) is 0 Å². The average molecular weight is 367 g/mol. The van der Waals surface area contributed by atoms with Crippen LogP contribution in [0.5, 0.6) is 0 Å². The van der Waals surface area contributed by atoms with Gasteiger partial charge in [0, 0.05) is 29.9 Å². The second-order valence-electron chi connectivity index (χ2n) is 6.30. The van der Waals surface area contributed by atoms with Crippen LogP contribution in [0, 0.1) is 6.92 Å². The first-order valence-corrected chi connectivity index (χ1v) is 9.03. The van der Waals surface area contributed by atoms with Gasteiger partial charge in [-0.05, 0) is 67.9 Å². The van der Waals surface area contributed by atoms with Crippen LogP contribution in [0.25, 0.3) is 0 Å². The second-order valence-corrected chi connectivity index (χ2v) is 6.71. The van der Waals surface area contributed by atoms with Gasteiger partial charge in [0.1, 0.15) is 0 Å². The molecular weight excluding hydrogens is 346 g/mol. The van der Waals surface area contributed by atoms with E-state index in [9.17, 15) is 9.59 Å². The largest absolute Gasteiger partial charge is 0.339 e. The molecule has 0 saturated carbocycles. The van der Waals surface area contributed by atoms with Crippen molar-refractivity contribution >= 4 is 34.8 Å². The van der Waals surface area contributed by atoms with E-state index in [2.05, 4.69) is 10.6 Å². The van der Waals surface area contributed by atoms with Crippen LogP contribution >= 0.6 is 12.2 Å². The number of carbonyl (C=O) groups excluding carboxylic acids is 2. The first-order valence-electron chi connectivity index (χ1n) is 8.62. The predicted octanol–water partition coefficient (Wildman–Crippen LogP) is 3.36. The van der Waals surface area contributed by atoms with Crippen molar-refractivity contribution in [2.45, 2.75) is 19.8 Å². The third kappa shape index (κ3) is 4.26. The van der Waals surface area contributed by atoms with Gasteiger partial charge in [-0.2, -0.15) is 0 Å². The zero-order valence-electron chi connectivity index (χ0n) is 14.6. The molecule has 134 valence electrons. The number of amides is 2. The summed E-state index contributed by atoms with van der Waals surface area (Å²) >= 11 is 5.21. The molecule has 1 saturated heterocycles. The van der Waals surface area contributed by atoms with Crippen molar-refractivity contribution in [1.82, 2.24) is 10.2 Å². The van der Waals surface area contributed by atoms with Gasteiger partial charge in [0.25, 0.3) is 11.8 Å². The van der Waals surface area contributed by atoms with Crippen molar-refractivity contribution in [3.05, 3.63) is 65.2 Å². The molecule has 2 amide bonds. The molecule has 2 aromatic carbocycles. The lowest BCUT2D eigenvalue weighted by molar-refractivity contribution is 0.0792. The van der Waals surface area contributed by atoms with Gasteiger partial charge in [0.2, 0.25) is 0 Å². The molecule has 26 heavy (non-hydrogen) atoms. The fourth-order valence-corrected chi connectivity index (χ4v) is 3.17. The summed E-state index contributed by atoms with van der Waals surface area (Å²) in [6.45, 7) is 3.53. The zero-order chi connectivity index (χ0) is 18.5. The molecule has 0 unspecified atom stereocenters. The Balaban J connectivity index is 1.58. The summed E-state index contributed by atoms with van der Waals surface area (Å²) in [6.07, 6.45) is 2.14. The lowest BCUT2D eigenvalue weighted by Crippen LogP contribution is -2.34. The summed E-state index contributed by atoms with van der Waals surface area (Å²) in [6, 6.07) is 14.4. The maximum absolute atomic E-state index is 12.3. The number of nitrogens with zero attached hydrogens (tertiary/aromatic N) is 1. The smallest absolute Gasteiger partial charge is 0.257 e. The lowest BCUT2D eigenvalue weighted by Gasteiger charge is -2.15. The number of aryl methyl sites for hydroxylation is 1. The molecule has 0 aromatic heterocycles. The molecule has 1 fully saturated rings. The average Bonchev–Trinajstić information content (AvgIpc) is 3.16. The zero-order valence-corrected chi connectivity index (χ0v) is 15.4. The second kappa shape index (κ2) is 8.10. The van der Waals surface area contributed by atoms with E-state index in [0.29, 0.717) is 11.1 Å². The van der Waals surface area contributed by atoms with Crippen LogP contribution in [0.15, 0.2) is 48.5 Å². The van der Waals surface area contributed by atoms with E-state index < -0.39 is 0 Å².